The van der Waals surface area contributed by atoms with E-state index in [1.54, 1.807) is 25.3 Å². The molecule has 3 rings (SSSR count). The monoisotopic (exact) mass is 309 g/mol. The molecule has 1 aromatic rings. The molecular formula is C15H19NO6. The average molecular weight is 309 g/mol. The molecule has 2 N–H and O–H groups in total. The first-order chi connectivity index (χ1) is 10.6. The van der Waals surface area contributed by atoms with Crippen molar-refractivity contribution in [3.63, 3.8) is 0 Å². The first-order valence-electron chi connectivity index (χ1n) is 7.08. The molecule has 7 nitrogen and oxygen atoms in total. The van der Waals surface area contributed by atoms with Gasteiger partial charge in [0.2, 0.25) is 0 Å². The van der Waals surface area contributed by atoms with Crippen molar-refractivity contribution < 1.29 is 28.8 Å². The van der Waals surface area contributed by atoms with Crippen molar-refractivity contribution >= 4 is 5.91 Å². The van der Waals surface area contributed by atoms with Gasteiger partial charge in [-0.05, 0) is 12.1 Å². The van der Waals surface area contributed by atoms with Crippen molar-refractivity contribution in [1.29, 1.82) is 0 Å². The van der Waals surface area contributed by atoms with Gasteiger partial charge in [-0.3, -0.25) is 4.79 Å². The lowest BCUT2D eigenvalue weighted by Gasteiger charge is -2.18. The van der Waals surface area contributed by atoms with Crippen molar-refractivity contribution in [1.82, 2.24) is 5.32 Å². The zero-order chi connectivity index (χ0) is 15.7. The summed E-state index contributed by atoms with van der Waals surface area (Å²) in [5.74, 6) is 0.762. The highest BCUT2D eigenvalue weighted by Gasteiger charge is 2.47. The molecule has 0 aromatic heterocycles. The Morgan fingerprint density at radius 2 is 2.00 bits per heavy atom. The fourth-order valence-corrected chi connectivity index (χ4v) is 2.84. The topological polar surface area (TPSA) is 86.3 Å². The Hall–Kier alpha value is -1.83. The van der Waals surface area contributed by atoms with Gasteiger partial charge in [0, 0.05) is 6.07 Å². The Labute approximate surface area is 128 Å². The molecule has 2 heterocycles. The summed E-state index contributed by atoms with van der Waals surface area (Å²) < 4.78 is 21.3. The van der Waals surface area contributed by atoms with E-state index in [1.165, 1.54) is 7.11 Å². The van der Waals surface area contributed by atoms with E-state index in [4.69, 9.17) is 18.9 Å². The Morgan fingerprint density at radius 1 is 1.23 bits per heavy atom. The highest BCUT2D eigenvalue weighted by Crippen LogP contribution is 2.28. The van der Waals surface area contributed by atoms with Crippen LogP contribution in [-0.2, 0) is 9.47 Å². The zero-order valence-electron chi connectivity index (χ0n) is 12.4. The van der Waals surface area contributed by atoms with Crippen LogP contribution in [0.1, 0.15) is 10.4 Å². The number of carbonyl (C=O) groups is 1. The molecule has 7 heteroatoms. The van der Waals surface area contributed by atoms with E-state index >= 15 is 0 Å². The van der Waals surface area contributed by atoms with E-state index in [9.17, 15) is 9.90 Å². The minimum absolute atomic E-state index is 0.230. The van der Waals surface area contributed by atoms with E-state index in [1.807, 2.05) is 0 Å². The number of hydrogen-bond donors (Lipinski definition) is 2. The summed E-state index contributed by atoms with van der Waals surface area (Å²) in [6.45, 7) is 0.546. The van der Waals surface area contributed by atoms with Gasteiger partial charge in [0.25, 0.3) is 5.91 Å². The minimum atomic E-state index is -0.637. The summed E-state index contributed by atoms with van der Waals surface area (Å²) in [6.07, 6.45) is -1.33. The maximum atomic E-state index is 12.4. The van der Waals surface area contributed by atoms with Gasteiger partial charge in [-0.15, -0.1) is 0 Å². The number of aliphatic hydroxyl groups is 1. The number of rotatable bonds is 4. The van der Waals surface area contributed by atoms with Crippen molar-refractivity contribution in [2.75, 3.05) is 27.4 Å². The Balaban J connectivity index is 1.72. The molecule has 2 aliphatic heterocycles. The molecule has 2 fully saturated rings. The molecule has 0 spiro atoms. The van der Waals surface area contributed by atoms with E-state index in [0.717, 1.165) is 0 Å². The molecule has 120 valence electrons. The second-order valence-corrected chi connectivity index (χ2v) is 5.31. The third kappa shape index (κ3) is 2.63. The molecule has 2 saturated heterocycles. The molecule has 1 aromatic carbocycles. The van der Waals surface area contributed by atoms with Crippen LogP contribution in [0, 0.1) is 0 Å². The maximum absolute atomic E-state index is 12.4. The fourth-order valence-electron chi connectivity index (χ4n) is 2.84. The molecule has 4 atom stereocenters. The van der Waals surface area contributed by atoms with Gasteiger partial charge in [-0.2, -0.15) is 0 Å². The highest BCUT2D eigenvalue weighted by atomic mass is 16.6. The van der Waals surface area contributed by atoms with Crippen LogP contribution in [-0.4, -0.2) is 62.8 Å². The zero-order valence-corrected chi connectivity index (χ0v) is 12.4. The lowest BCUT2D eigenvalue weighted by atomic mass is 10.1. The average Bonchev–Trinajstić information content (AvgIpc) is 3.10. The molecular weight excluding hydrogens is 290 g/mol. The van der Waals surface area contributed by atoms with Crippen LogP contribution in [0.25, 0.3) is 0 Å². The SMILES string of the molecule is COc1ccc(C(=O)N[C@@H]2CO[C@H]3[C@@H]2OC[C@H]3O)c(OC)c1. The lowest BCUT2D eigenvalue weighted by molar-refractivity contribution is 0.0178. The van der Waals surface area contributed by atoms with Crippen molar-refractivity contribution in [3.8, 4) is 11.5 Å². The van der Waals surface area contributed by atoms with Gasteiger partial charge in [0.05, 0.1) is 39.0 Å². The first kappa shape index (κ1) is 15.1. The number of hydrogen-bond acceptors (Lipinski definition) is 6. The summed E-state index contributed by atoms with van der Waals surface area (Å²) in [7, 11) is 3.05. The summed E-state index contributed by atoms with van der Waals surface area (Å²) in [4.78, 5) is 12.4. The largest absolute Gasteiger partial charge is 0.497 e. The van der Waals surface area contributed by atoms with Gasteiger partial charge >= 0.3 is 0 Å². The third-order valence-corrected chi connectivity index (χ3v) is 4.00. The Kier molecular flexibility index (Phi) is 4.19. The highest BCUT2D eigenvalue weighted by molar-refractivity contribution is 5.97. The molecule has 0 bridgehead atoms. The van der Waals surface area contributed by atoms with Gasteiger partial charge in [-0.1, -0.05) is 0 Å². The van der Waals surface area contributed by atoms with Crippen LogP contribution in [0.2, 0.25) is 0 Å². The van der Waals surface area contributed by atoms with Crippen LogP contribution in [0.15, 0.2) is 18.2 Å². The second-order valence-electron chi connectivity index (χ2n) is 5.31. The second kappa shape index (κ2) is 6.12. The van der Waals surface area contributed by atoms with E-state index < -0.39 is 6.10 Å². The number of amides is 1. The Morgan fingerprint density at radius 3 is 2.73 bits per heavy atom. The normalized spacial score (nSPS) is 30.0. The number of fused-ring (bicyclic) bond motifs is 1. The molecule has 0 unspecified atom stereocenters. The van der Waals surface area contributed by atoms with Gasteiger partial charge < -0.3 is 29.4 Å². The number of benzene rings is 1. The summed E-state index contributed by atoms with van der Waals surface area (Å²) in [5.41, 5.74) is 0.408. The van der Waals surface area contributed by atoms with Crippen LogP contribution in [0.4, 0.5) is 0 Å². The van der Waals surface area contributed by atoms with Gasteiger partial charge in [0.15, 0.2) is 0 Å². The van der Waals surface area contributed by atoms with Crippen LogP contribution < -0.4 is 14.8 Å². The minimum Gasteiger partial charge on any atom is -0.497 e. The number of nitrogens with one attached hydrogen (secondary N) is 1. The van der Waals surface area contributed by atoms with Crippen LogP contribution >= 0.6 is 0 Å². The quantitative estimate of drug-likeness (QED) is 0.812. The summed E-state index contributed by atoms with van der Waals surface area (Å²) >= 11 is 0. The number of ether oxygens (including phenoxy) is 4. The van der Waals surface area contributed by atoms with E-state index in [-0.39, 0.29) is 30.8 Å². The first-order valence-corrected chi connectivity index (χ1v) is 7.08. The van der Waals surface area contributed by atoms with Gasteiger partial charge in [-0.25, -0.2) is 0 Å². The molecule has 0 aliphatic carbocycles. The van der Waals surface area contributed by atoms with Crippen LogP contribution in [0.3, 0.4) is 0 Å². The summed E-state index contributed by atoms with van der Waals surface area (Å²) in [5, 5.41) is 12.6. The Bertz CT molecular complexity index is 563. The van der Waals surface area contributed by atoms with Crippen molar-refractivity contribution in [2.45, 2.75) is 24.4 Å². The predicted octanol–water partition coefficient (Wildman–Crippen LogP) is -0.0393. The van der Waals surface area contributed by atoms with Crippen molar-refractivity contribution in [2.24, 2.45) is 0 Å². The lowest BCUT2D eigenvalue weighted by Crippen LogP contribution is -2.44. The maximum Gasteiger partial charge on any atom is 0.255 e. The molecule has 0 radical (unpaired) electrons. The number of aliphatic hydroxyl groups excluding tert-OH is 1. The van der Waals surface area contributed by atoms with Gasteiger partial charge in [0.1, 0.15) is 29.8 Å². The molecule has 2 aliphatic rings. The summed E-state index contributed by atoms with van der Waals surface area (Å²) in [6, 6.07) is 4.70. The smallest absolute Gasteiger partial charge is 0.255 e. The standard InChI is InChI=1S/C15H19NO6/c1-19-8-3-4-9(12(5-8)20-2)15(18)16-10-6-21-14-11(17)7-22-13(10)14/h3-5,10-11,13-14,17H,6-7H2,1-2H3,(H,16,18)/t10-,11-,13-,14-/m1/s1. The number of carbonyl (C=O) groups excluding carboxylic acids is 1. The molecule has 1 amide bonds. The molecule has 22 heavy (non-hydrogen) atoms. The predicted molar refractivity (Wildman–Crippen MR) is 76.3 cm³/mol. The molecule has 0 saturated carbocycles. The van der Waals surface area contributed by atoms with E-state index in [0.29, 0.717) is 23.7 Å². The number of methoxy groups -OCH3 is 2. The van der Waals surface area contributed by atoms with Crippen LogP contribution in [0.5, 0.6) is 11.5 Å². The van der Waals surface area contributed by atoms with E-state index in [2.05, 4.69) is 5.32 Å². The van der Waals surface area contributed by atoms with Crippen molar-refractivity contribution in [3.05, 3.63) is 23.8 Å². The fraction of sp³-hybridized carbons (Fsp3) is 0.533. The third-order valence-electron chi connectivity index (χ3n) is 4.00.